The lowest BCUT2D eigenvalue weighted by molar-refractivity contribution is 0.0591. The number of hydrogen-bond acceptors (Lipinski definition) is 2. The minimum absolute atomic E-state index is 0. The molecule has 0 fully saturated rings. The van der Waals surface area contributed by atoms with E-state index < -0.39 is 6.55 Å². The molecular formula is C4H6ClF2N3. The second-order valence-corrected chi connectivity index (χ2v) is 1.48. The van der Waals surface area contributed by atoms with E-state index in [1.165, 1.54) is 12.3 Å². The molecule has 10 heavy (non-hydrogen) atoms. The Balaban J connectivity index is 0.000000810. The second kappa shape index (κ2) is 3.36. The van der Waals surface area contributed by atoms with Crippen LogP contribution in [0, 0.1) is 0 Å². The Morgan fingerprint density at radius 2 is 2.20 bits per heavy atom. The van der Waals surface area contributed by atoms with Gasteiger partial charge in [-0.1, -0.05) is 0 Å². The Morgan fingerprint density at radius 3 is 2.40 bits per heavy atom. The van der Waals surface area contributed by atoms with Gasteiger partial charge in [0.05, 0.1) is 6.20 Å². The third-order valence-electron chi connectivity index (χ3n) is 0.886. The maximum absolute atomic E-state index is 11.7. The van der Waals surface area contributed by atoms with Crippen LogP contribution < -0.4 is 5.73 Å². The monoisotopic (exact) mass is 169 g/mol. The van der Waals surface area contributed by atoms with Crippen molar-refractivity contribution in [3.8, 4) is 0 Å². The van der Waals surface area contributed by atoms with Crippen molar-refractivity contribution in [2.45, 2.75) is 6.55 Å². The van der Waals surface area contributed by atoms with Gasteiger partial charge in [-0.05, 0) is 0 Å². The molecule has 0 unspecified atom stereocenters. The molecule has 6 heteroatoms. The van der Waals surface area contributed by atoms with Crippen LogP contribution >= 0.6 is 12.4 Å². The fourth-order valence-corrected chi connectivity index (χ4v) is 0.488. The molecule has 0 aliphatic carbocycles. The number of rotatable bonds is 1. The molecule has 0 saturated heterocycles. The molecule has 0 spiro atoms. The zero-order chi connectivity index (χ0) is 6.85. The quantitative estimate of drug-likeness (QED) is 0.688. The summed E-state index contributed by atoms with van der Waals surface area (Å²) in [5.74, 6) is -0.0231. The van der Waals surface area contributed by atoms with Crippen molar-refractivity contribution in [1.29, 1.82) is 0 Å². The second-order valence-electron chi connectivity index (χ2n) is 1.48. The number of nitrogens with zero attached hydrogens (tertiary/aromatic N) is 2. The molecule has 58 valence electrons. The van der Waals surface area contributed by atoms with Gasteiger partial charge in [0.2, 0.25) is 0 Å². The highest BCUT2D eigenvalue weighted by Gasteiger charge is 2.07. The van der Waals surface area contributed by atoms with E-state index in [4.69, 9.17) is 5.73 Å². The van der Waals surface area contributed by atoms with Crippen molar-refractivity contribution in [1.82, 2.24) is 9.78 Å². The van der Waals surface area contributed by atoms with Gasteiger partial charge < -0.3 is 5.73 Å². The maximum atomic E-state index is 11.7. The predicted octanol–water partition coefficient (Wildman–Crippen LogP) is 1.28. The van der Waals surface area contributed by atoms with Gasteiger partial charge in [-0.25, -0.2) is 0 Å². The highest BCUT2D eigenvalue weighted by molar-refractivity contribution is 5.85. The summed E-state index contributed by atoms with van der Waals surface area (Å²) in [6.45, 7) is -2.64. The molecule has 0 atom stereocenters. The summed E-state index contributed by atoms with van der Waals surface area (Å²) in [6, 6.07) is 1.31. The van der Waals surface area contributed by atoms with Crippen LogP contribution in [0.1, 0.15) is 6.55 Å². The Hall–Kier alpha value is -0.840. The van der Waals surface area contributed by atoms with Gasteiger partial charge >= 0.3 is 6.55 Å². The van der Waals surface area contributed by atoms with Gasteiger partial charge in [-0.15, -0.1) is 12.4 Å². The Morgan fingerprint density at radius 1 is 1.60 bits per heavy atom. The molecule has 1 aromatic heterocycles. The largest absolute Gasteiger partial charge is 0.384 e. The third kappa shape index (κ3) is 1.57. The Labute approximate surface area is 62.2 Å². The lowest BCUT2D eigenvalue weighted by Crippen LogP contribution is -2.04. The minimum atomic E-state index is -2.64. The zero-order valence-corrected chi connectivity index (χ0v) is 5.68. The molecule has 2 N–H and O–H groups in total. The Bertz CT molecular complexity index is 200. The first-order valence-electron chi connectivity index (χ1n) is 2.29. The molecule has 0 radical (unpaired) electrons. The van der Waals surface area contributed by atoms with E-state index in [0.29, 0.717) is 4.68 Å². The molecule has 0 aliphatic rings. The zero-order valence-electron chi connectivity index (χ0n) is 4.87. The minimum Gasteiger partial charge on any atom is -0.384 e. The summed E-state index contributed by atoms with van der Waals surface area (Å²) in [4.78, 5) is 0. The van der Waals surface area contributed by atoms with Crippen LogP contribution in [0.4, 0.5) is 14.6 Å². The van der Waals surface area contributed by atoms with E-state index in [0.717, 1.165) is 0 Å². The molecule has 1 aromatic rings. The van der Waals surface area contributed by atoms with Crippen molar-refractivity contribution in [3.63, 3.8) is 0 Å². The summed E-state index contributed by atoms with van der Waals surface area (Å²) < 4.78 is 23.8. The van der Waals surface area contributed by atoms with Crippen molar-refractivity contribution >= 4 is 18.2 Å². The normalized spacial score (nSPS) is 9.50. The van der Waals surface area contributed by atoms with Gasteiger partial charge in [0.15, 0.2) is 0 Å². The van der Waals surface area contributed by atoms with E-state index in [9.17, 15) is 8.78 Å². The lowest BCUT2D eigenvalue weighted by Gasteiger charge is -1.98. The SMILES string of the molecule is Cl.Nc1ccnn1C(F)F. The van der Waals surface area contributed by atoms with Crippen LogP contribution in [-0.2, 0) is 0 Å². The summed E-state index contributed by atoms with van der Waals surface area (Å²) >= 11 is 0. The molecule has 0 amide bonds. The maximum Gasteiger partial charge on any atom is 0.334 e. The summed E-state index contributed by atoms with van der Waals surface area (Å²) in [7, 11) is 0. The number of nitrogen functional groups attached to an aromatic ring is 1. The first-order valence-corrected chi connectivity index (χ1v) is 2.29. The summed E-state index contributed by atoms with van der Waals surface area (Å²) in [5, 5.41) is 3.26. The highest BCUT2D eigenvalue weighted by Crippen LogP contribution is 2.12. The van der Waals surface area contributed by atoms with Crippen LogP contribution in [-0.4, -0.2) is 9.78 Å². The van der Waals surface area contributed by atoms with E-state index in [-0.39, 0.29) is 18.2 Å². The van der Waals surface area contributed by atoms with Gasteiger partial charge in [0.25, 0.3) is 0 Å². The Kier molecular flexibility index (Phi) is 3.08. The molecule has 0 aliphatic heterocycles. The van der Waals surface area contributed by atoms with Crippen LogP contribution in [0.15, 0.2) is 12.3 Å². The standard InChI is InChI=1S/C4H5F2N3.ClH/c5-4(6)9-3(7)1-2-8-9;/h1-2,4H,7H2;1H. The molecule has 0 aromatic carbocycles. The van der Waals surface area contributed by atoms with Crippen molar-refractivity contribution in [3.05, 3.63) is 12.3 Å². The lowest BCUT2D eigenvalue weighted by atomic mass is 10.7. The van der Waals surface area contributed by atoms with E-state index >= 15 is 0 Å². The average Bonchev–Trinajstić information content (AvgIpc) is 2.13. The number of alkyl halides is 2. The van der Waals surface area contributed by atoms with E-state index in [2.05, 4.69) is 5.10 Å². The fraction of sp³-hybridized carbons (Fsp3) is 0.250. The van der Waals surface area contributed by atoms with Gasteiger partial charge in [0.1, 0.15) is 5.82 Å². The van der Waals surface area contributed by atoms with Crippen LogP contribution in [0.5, 0.6) is 0 Å². The van der Waals surface area contributed by atoms with Crippen LogP contribution in [0.2, 0.25) is 0 Å². The van der Waals surface area contributed by atoms with Gasteiger partial charge in [0, 0.05) is 6.07 Å². The number of hydrogen-bond donors (Lipinski definition) is 1. The van der Waals surface area contributed by atoms with Gasteiger partial charge in [-0.3, -0.25) is 0 Å². The molecule has 0 bridgehead atoms. The smallest absolute Gasteiger partial charge is 0.334 e. The summed E-state index contributed by atoms with van der Waals surface area (Å²) in [5.41, 5.74) is 5.06. The van der Waals surface area contributed by atoms with Gasteiger partial charge in [-0.2, -0.15) is 18.6 Å². The molecule has 1 rings (SSSR count). The highest BCUT2D eigenvalue weighted by atomic mass is 35.5. The van der Waals surface area contributed by atoms with E-state index in [1.807, 2.05) is 0 Å². The third-order valence-corrected chi connectivity index (χ3v) is 0.886. The average molecular weight is 170 g/mol. The number of halogens is 3. The number of nitrogens with two attached hydrogens (primary N) is 1. The molecule has 0 saturated carbocycles. The van der Waals surface area contributed by atoms with Crippen molar-refractivity contribution in [2.24, 2.45) is 0 Å². The molecule has 1 heterocycles. The van der Waals surface area contributed by atoms with Crippen LogP contribution in [0.25, 0.3) is 0 Å². The predicted molar refractivity (Wildman–Crippen MR) is 35.1 cm³/mol. The number of anilines is 1. The first-order chi connectivity index (χ1) is 4.22. The topological polar surface area (TPSA) is 43.8 Å². The molecular weight excluding hydrogens is 164 g/mol. The number of aromatic nitrogens is 2. The van der Waals surface area contributed by atoms with Crippen LogP contribution in [0.3, 0.4) is 0 Å². The molecule has 3 nitrogen and oxygen atoms in total. The van der Waals surface area contributed by atoms with Crippen molar-refractivity contribution in [2.75, 3.05) is 5.73 Å². The summed E-state index contributed by atoms with van der Waals surface area (Å²) in [6.07, 6.45) is 1.22. The van der Waals surface area contributed by atoms with E-state index in [1.54, 1.807) is 0 Å². The van der Waals surface area contributed by atoms with Crippen molar-refractivity contribution < 1.29 is 8.78 Å². The first kappa shape index (κ1) is 9.16. The fourth-order valence-electron chi connectivity index (χ4n) is 0.488.